The molecule has 0 amide bonds. The second kappa shape index (κ2) is 51.0. The Bertz CT molecular complexity index is 989. The molecule has 0 spiro atoms. The van der Waals surface area contributed by atoms with Crippen molar-refractivity contribution in [1.82, 2.24) is 0 Å². The van der Waals surface area contributed by atoms with E-state index in [1.54, 1.807) is 0 Å². The number of carbonyl (C=O) groups is 1. The number of aliphatic hydroxyl groups is 1. The number of ether oxygens (including phenoxy) is 2. The summed E-state index contributed by atoms with van der Waals surface area (Å²) in [4.78, 5) is 12.3. The Labute approximate surface area is 361 Å². The number of rotatable bonds is 46. The summed E-state index contributed by atoms with van der Waals surface area (Å²) < 4.78 is 11.2. The number of unbranched alkanes of at least 4 members (excludes halogenated alkanes) is 26. The molecule has 0 aliphatic heterocycles. The van der Waals surface area contributed by atoms with Gasteiger partial charge >= 0.3 is 5.97 Å². The van der Waals surface area contributed by atoms with Crippen LogP contribution in [-0.2, 0) is 14.3 Å². The van der Waals surface area contributed by atoms with Crippen molar-refractivity contribution in [2.75, 3.05) is 19.8 Å². The van der Waals surface area contributed by atoms with Crippen molar-refractivity contribution >= 4 is 5.97 Å². The van der Waals surface area contributed by atoms with Crippen molar-refractivity contribution in [2.45, 2.75) is 245 Å². The second-order valence-electron chi connectivity index (χ2n) is 16.5. The molecule has 58 heavy (non-hydrogen) atoms. The zero-order valence-corrected chi connectivity index (χ0v) is 38.5. The minimum atomic E-state index is -0.545. The molecule has 0 saturated carbocycles. The lowest BCUT2D eigenvalue weighted by atomic mass is 10.0. The van der Waals surface area contributed by atoms with Gasteiger partial charge in [0.15, 0.2) is 0 Å². The molecular weight excluding hydrogens is 713 g/mol. The van der Waals surface area contributed by atoms with E-state index in [0.29, 0.717) is 13.0 Å². The molecule has 0 radical (unpaired) electrons. The Morgan fingerprint density at radius 3 is 1.17 bits per heavy atom. The van der Waals surface area contributed by atoms with Crippen molar-refractivity contribution in [3.63, 3.8) is 0 Å². The van der Waals surface area contributed by atoms with E-state index < -0.39 is 6.10 Å². The Kier molecular flexibility index (Phi) is 49.1. The zero-order chi connectivity index (χ0) is 41.9. The fourth-order valence-corrected chi connectivity index (χ4v) is 7.10. The van der Waals surface area contributed by atoms with Gasteiger partial charge in [0.2, 0.25) is 0 Å². The molecule has 4 heteroatoms. The van der Waals surface area contributed by atoms with Gasteiger partial charge in [-0.25, -0.2) is 0 Å². The summed E-state index contributed by atoms with van der Waals surface area (Å²) in [6.07, 6.45) is 69.9. The fourth-order valence-electron chi connectivity index (χ4n) is 7.10. The highest BCUT2D eigenvalue weighted by molar-refractivity contribution is 5.69. The van der Waals surface area contributed by atoms with Crippen LogP contribution in [0.25, 0.3) is 0 Å². The maximum absolute atomic E-state index is 12.3. The molecule has 0 aliphatic rings. The predicted octanol–water partition coefficient (Wildman–Crippen LogP) is 16.9. The summed E-state index contributed by atoms with van der Waals surface area (Å²) in [7, 11) is 0. The van der Waals surface area contributed by atoms with Gasteiger partial charge in [0.1, 0.15) is 6.10 Å². The third-order valence-electron chi connectivity index (χ3n) is 10.8. The van der Waals surface area contributed by atoms with Crippen LogP contribution in [0.2, 0.25) is 0 Å². The number of hydrogen-bond acceptors (Lipinski definition) is 4. The highest BCUT2D eigenvalue weighted by Gasteiger charge is 2.13. The van der Waals surface area contributed by atoms with E-state index >= 15 is 0 Å². The van der Waals surface area contributed by atoms with Crippen LogP contribution in [0.5, 0.6) is 0 Å². The van der Waals surface area contributed by atoms with E-state index in [1.165, 1.54) is 148 Å². The van der Waals surface area contributed by atoms with E-state index in [1.807, 2.05) is 0 Å². The average molecular weight is 809 g/mol. The molecule has 0 heterocycles. The van der Waals surface area contributed by atoms with Crippen LogP contribution >= 0.6 is 0 Å². The highest BCUT2D eigenvalue weighted by Crippen LogP contribution is 2.16. The number of allylic oxidation sites excluding steroid dienone is 12. The molecule has 0 bridgehead atoms. The van der Waals surface area contributed by atoms with Crippen LogP contribution in [0.1, 0.15) is 239 Å². The first-order valence-electron chi connectivity index (χ1n) is 25.0. The van der Waals surface area contributed by atoms with Gasteiger partial charge in [-0.15, -0.1) is 0 Å². The summed E-state index contributed by atoms with van der Waals surface area (Å²) in [5.41, 5.74) is 0. The van der Waals surface area contributed by atoms with Crippen molar-refractivity contribution in [1.29, 1.82) is 0 Å². The van der Waals surface area contributed by atoms with E-state index in [4.69, 9.17) is 9.47 Å². The molecule has 0 fully saturated rings. The van der Waals surface area contributed by atoms with Gasteiger partial charge in [0.05, 0.1) is 13.2 Å². The third-order valence-corrected chi connectivity index (χ3v) is 10.8. The molecule has 0 aromatic rings. The van der Waals surface area contributed by atoms with Crippen molar-refractivity contribution in [3.8, 4) is 0 Å². The molecule has 4 nitrogen and oxygen atoms in total. The van der Waals surface area contributed by atoms with Crippen LogP contribution in [0.4, 0.5) is 0 Å². The summed E-state index contributed by atoms with van der Waals surface area (Å²) in [5, 5.41) is 9.65. The zero-order valence-electron chi connectivity index (χ0n) is 38.5. The van der Waals surface area contributed by atoms with Crippen molar-refractivity contribution < 1.29 is 19.4 Å². The quantitative estimate of drug-likeness (QED) is 0.0378. The van der Waals surface area contributed by atoms with Gasteiger partial charge in [-0.3, -0.25) is 4.79 Å². The molecule has 0 saturated heterocycles. The molecule has 0 aliphatic carbocycles. The fraction of sp³-hybridized carbons (Fsp3) is 0.759. The Morgan fingerprint density at radius 1 is 0.431 bits per heavy atom. The molecule has 336 valence electrons. The normalized spacial score (nSPS) is 12.9. The smallest absolute Gasteiger partial charge is 0.306 e. The van der Waals surface area contributed by atoms with Crippen LogP contribution in [0, 0.1) is 0 Å². The molecule has 1 atom stereocenters. The summed E-state index contributed by atoms with van der Waals surface area (Å²) in [5.74, 6) is -0.214. The summed E-state index contributed by atoms with van der Waals surface area (Å²) >= 11 is 0. The lowest BCUT2D eigenvalue weighted by Crippen LogP contribution is -2.27. The van der Waals surface area contributed by atoms with E-state index in [9.17, 15) is 9.90 Å². The first-order chi connectivity index (χ1) is 28.7. The molecule has 1 N–H and O–H groups in total. The van der Waals surface area contributed by atoms with Gasteiger partial charge in [0.25, 0.3) is 0 Å². The van der Waals surface area contributed by atoms with Crippen LogP contribution in [-0.4, -0.2) is 37.0 Å². The van der Waals surface area contributed by atoms with Gasteiger partial charge in [-0.2, -0.15) is 0 Å². The van der Waals surface area contributed by atoms with Gasteiger partial charge in [-0.05, 0) is 64.2 Å². The molecule has 0 aromatic carbocycles. The first kappa shape index (κ1) is 55.8. The Balaban J connectivity index is 3.47. The minimum Gasteiger partial charge on any atom is -0.457 e. The number of hydrogen-bond donors (Lipinski definition) is 1. The number of esters is 1. The number of carbonyl (C=O) groups excluding carboxylic acids is 1. The van der Waals surface area contributed by atoms with Crippen LogP contribution < -0.4 is 0 Å². The van der Waals surface area contributed by atoms with Crippen LogP contribution in [0.15, 0.2) is 72.9 Å². The average Bonchev–Trinajstić information content (AvgIpc) is 3.23. The maximum Gasteiger partial charge on any atom is 0.306 e. The SMILES string of the molecule is CC/C=C\C/C=C\C/C=C\C/C=C\C/C=C\C/C=C\CCCCCCCCC(=O)OC(CO)COCCCCCCCCCCCCCCCCCCCCCCC. The number of aliphatic hydroxyl groups excluding tert-OH is 1. The Hall–Kier alpha value is -2.17. The lowest BCUT2D eigenvalue weighted by molar-refractivity contribution is -0.154. The third kappa shape index (κ3) is 48.2. The van der Waals surface area contributed by atoms with Crippen molar-refractivity contribution in [2.24, 2.45) is 0 Å². The second-order valence-corrected chi connectivity index (χ2v) is 16.5. The maximum atomic E-state index is 12.3. The minimum absolute atomic E-state index is 0.179. The Morgan fingerprint density at radius 2 is 0.776 bits per heavy atom. The molecule has 0 rings (SSSR count). The van der Waals surface area contributed by atoms with Gasteiger partial charge < -0.3 is 14.6 Å². The van der Waals surface area contributed by atoms with Gasteiger partial charge in [0, 0.05) is 13.0 Å². The van der Waals surface area contributed by atoms with Gasteiger partial charge in [-0.1, -0.05) is 241 Å². The summed E-state index contributed by atoms with van der Waals surface area (Å²) in [6.45, 7) is 5.24. The van der Waals surface area contributed by atoms with E-state index in [2.05, 4.69) is 86.8 Å². The molecular formula is C54H96O4. The summed E-state index contributed by atoms with van der Waals surface area (Å²) in [6, 6.07) is 0. The first-order valence-corrected chi connectivity index (χ1v) is 25.0. The highest BCUT2D eigenvalue weighted by atomic mass is 16.6. The lowest BCUT2D eigenvalue weighted by Gasteiger charge is -2.16. The predicted molar refractivity (Wildman–Crippen MR) is 256 cm³/mol. The standard InChI is InChI=1S/C54H96O4/c1-3-5-7-9-11-13-15-17-19-21-23-25-26-27-28-29-31-33-35-37-39-41-43-45-47-49-54(56)58-53(51-55)52-57-50-48-46-44-42-40-38-36-34-32-30-24-22-20-18-16-14-12-10-8-6-4-2/h5,7,11,13,17,19,23,25,27-28,31,33,53,55H,3-4,6,8-10,12,14-16,18,20-22,24,26,29-30,32,34-52H2,1-2H3/b7-5-,13-11-,19-17-,25-23-,28-27-,33-31-. The largest absolute Gasteiger partial charge is 0.457 e. The monoisotopic (exact) mass is 809 g/mol. The topological polar surface area (TPSA) is 55.8 Å². The molecule has 1 unspecified atom stereocenters. The van der Waals surface area contributed by atoms with Crippen LogP contribution in [0.3, 0.4) is 0 Å². The molecule has 0 aromatic heterocycles. The van der Waals surface area contributed by atoms with E-state index in [-0.39, 0.29) is 19.2 Å². The van der Waals surface area contributed by atoms with Crippen molar-refractivity contribution in [3.05, 3.63) is 72.9 Å². The van der Waals surface area contributed by atoms with E-state index in [0.717, 1.165) is 70.6 Å².